The molecule has 1 saturated heterocycles. The largest absolute Gasteiger partial charge is 0.326 e. The zero-order valence-electron chi connectivity index (χ0n) is 10.1. The highest BCUT2D eigenvalue weighted by molar-refractivity contribution is 7.90. The third kappa shape index (κ3) is 2.95. The van der Waals surface area contributed by atoms with E-state index in [1.165, 1.54) is 22.5 Å². The molecular formula is C10H15N3O4S2. The second-order valence-corrected chi connectivity index (χ2v) is 7.93. The molecule has 1 fully saturated rings. The van der Waals surface area contributed by atoms with Crippen molar-refractivity contribution in [3.05, 3.63) is 24.3 Å². The van der Waals surface area contributed by atoms with Crippen LogP contribution in [0.4, 0.5) is 0 Å². The molecule has 4 N–H and O–H groups in total. The SMILES string of the molecule is N[C@H]1CCN(S(=O)(=O)c2cccc(S(N)(=O)=O)c2)C1. The van der Waals surface area contributed by atoms with Gasteiger partial charge in [-0.1, -0.05) is 6.07 Å². The molecule has 0 aromatic heterocycles. The highest BCUT2D eigenvalue weighted by Gasteiger charge is 2.31. The number of benzene rings is 1. The van der Waals surface area contributed by atoms with E-state index in [2.05, 4.69) is 0 Å². The van der Waals surface area contributed by atoms with Crippen molar-refractivity contribution in [1.82, 2.24) is 4.31 Å². The van der Waals surface area contributed by atoms with Gasteiger partial charge in [0.05, 0.1) is 9.79 Å². The molecular weight excluding hydrogens is 290 g/mol. The Morgan fingerprint density at radius 3 is 2.32 bits per heavy atom. The van der Waals surface area contributed by atoms with Crippen LogP contribution in [0.1, 0.15) is 6.42 Å². The van der Waals surface area contributed by atoms with Crippen molar-refractivity contribution >= 4 is 20.0 Å². The number of nitrogens with zero attached hydrogens (tertiary/aromatic N) is 1. The fourth-order valence-electron chi connectivity index (χ4n) is 1.93. The van der Waals surface area contributed by atoms with E-state index in [0.29, 0.717) is 13.0 Å². The van der Waals surface area contributed by atoms with Crippen LogP contribution in [0.3, 0.4) is 0 Å². The maximum atomic E-state index is 12.3. The molecule has 7 nitrogen and oxygen atoms in total. The van der Waals surface area contributed by atoms with Gasteiger partial charge in [-0.2, -0.15) is 4.31 Å². The van der Waals surface area contributed by atoms with Crippen molar-refractivity contribution in [1.29, 1.82) is 0 Å². The van der Waals surface area contributed by atoms with Crippen molar-refractivity contribution in [3.8, 4) is 0 Å². The van der Waals surface area contributed by atoms with Crippen molar-refractivity contribution in [2.75, 3.05) is 13.1 Å². The van der Waals surface area contributed by atoms with Crippen molar-refractivity contribution in [2.24, 2.45) is 10.9 Å². The van der Waals surface area contributed by atoms with Gasteiger partial charge in [-0.3, -0.25) is 0 Å². The minimum atomic E-state index is -3.93. The van der Waals surface area contributed by atoms with Crippen molar-refractivity contribution in [3.63, 3.8) is 0 Å². The lowest BCUT2D eigenvalue weighted by atomic mass is 10.3. The van der Waals surface area contributed by atoms with E-state index in [-0.39, 0.29) is 22.4 Å². The van der Waals surface area contributed by atoms with Gasteiger partial charge in [0.1, 0.15) is 0 Å². The molecule has 1 aromatic carbocycles. The average Bonchev–Trinajstić information content (AvgIpc) is 2.76. The van der Waals surface area contributed by atoms with E-state index in [9.17, 15) is 16.8 Å². The number of rotatable bonds is 3. The third-order valence-electron chi connectivity index (χ3n) is 2.96. The molecule has 0 radical (unpaired) electrons. The van der Waals surface area contributed by atoms with Crippen LogP contribution in [0.15, 0.2) is 34.1 Å². The maximum absolute atomic E-state index is 12.3. The summed E-state index contributed by atoms with van der Waals surface area (Å²) in [5, 5.41) is 4.99. The van der Waals surface area contributed by atoms with E-state index in [0.717, 1.165) is 6.07 Å². The molecule has 1 atom stereocenters. The van der Waals surface area contributed by atoms with Gasteiger partial charge >= 0.3 is 0 Å². The van der Waals surface area contributed by atoms with Gasteiger partial charge in [0.25, 0.3) is 0 Å². The average molecular weight is 305 g/mol. The molecule has 0 saturated carbocycles. The predicted molar refractivity (Wildman–Crippen MR) is 69.2 cm³/mol. The van der Waals surface area contributed by atoms with Gasteiger partial charge in [-0.15, -0.1) is 0 Å². The molecule has 2 rings (SSSR count). The summed E-state index contributed by atoms with van der Waals surface area (Å²) in [6.45, 7) is 0.574. The van der Waals surface area contributed by atoms with E-state index in [1.807, 2.05) is 0 Å². The van der Waals surface area contributed by atoms with Gasteiger partial charge in [0, 0.05) is 19.1 Å². The highest BCUT2D eigenvalue weighted by atomic mass is 32.2. The summed E-state index contributed by atoms with van der Waals surface area (Å²) in [5.74, 6) is 0. The molecule has 0 bridgehead atoms. The zero-order valence-corrected chi connectivity index (χ0v) is 11.7. The predicted octanol–water partition coefficient (Wildman–Crippen LogP) is -0.944. The number of hydrogen-bond acceptors (Lipinski definition) is 5. The third-order valence-corrected chi connectivity index (χ3v) is 5.73. The van der Waals surface area contributed by atoms with Crippen LogP contribution in [0.2, 0.25) is 0 Å². The molecule has 1 aromatic rings. The van der Waals surface area contributed by atoms with Crippen molar-refractivity contribution in [2.45, 2.75) is 22.3 Å². The first-order chi connectivity index (χ1) is 8.71. The Kier molecular flexibility index (Phi) is 3.67. The second kappa shape index (κ2) is 4.84. The Morgan fingerprint density at radius 2 is 1.79 bits per heavy atom. The lowest BCUT2D eigenvalue weighted by Crippen LogP contribution is -2.32. The summed E-state index contributed by atoms with van der Waals surface area (Å²) in [6.07, 6.45) is 0.591. The number of primary sulfonamides is 1. The van der Waals surface area contributed by atoms with Crippen LogP contribution in [-0.2, 0) is 20.0 Å². The lowest BCUT2D eigenvalue weighted by molar-refractivity contribution is 0.472. The smallest absolute Gasteiger partial charge is 0.243 e. The van der Waals surface area contributed by atoms with Crippen LogP contribution in [0.5, 0.6) is 0 Å². The van der Waals surface area contributed by atoms with Crippen LogP contribution < -0.4 is 10.9 Å². The van der Waals surface area contributed by atoms with E-state index in [1.54, 1.807) is 0 Å². The van der Waals surface area contributed by atoms with E-state index >= 15 is 0 Å². The molecule has 0 spiro atoms. The van der Waals surface area contributed by atoms with Crippen LogP contribution in [-0.4, -0.2) is 40.3 Å². The number of sulfonamides is 2. The Hall–Kier alpha value is -1.00. The molecule has 0 aliphatic carbocycles. The summed E-state index contributed by atoms with van der Waals surface area (Å²) in [5.41, 5.74) is 5.68. The first-order valence-electron chi connectivity index (χ1n) is 5.60. The second-order valence-electron chi connectivity index (χ2n) is 4.43. The van der Waals surface area contributed by atoms with Gasteiger partial charge in [-0.05, 0) is 24.6 Å². The van der Waals surface area contributed by atoms with Crippen LogP contribution in [0.25, 0.3) is 0 Å². The van der Waals surface area contributed by atoms with E-state index in [4.69, 9.17) is 10.9 Å². The molecule has 0 unspecified atom stereocenters. The van der Waals surface area contributed by atoms with E-state index < -0.39 is 20.0 Å². The summed E-state index contributed by atoms with van der Waals surface area (Å²) in [4.78, 5) is -0.315. The Bertz CT molecular complexity index is 684. The normalized spacial score (nSPS) is 21.7. The summed E-state index contributed by atoms with van der Waals surface area (Å²) >= 11 is 0. The monoisotopic (exact) mass is 305 g/mol. The fourth-order valence-corrected chi connectivity index (χ4v) is 4.13. The molecule has 1 aliphatic rings. The van der Waals surface area contributed by atoms with Crippen molar-refractivity contribution < 1.29 is 16.8 Å². The highest BCUT2D eigenvalue weighted by Crippen LogP contribution is 2.22. The minimum absolute atomic E-state index is 0.0897. The topological polar surface area (TPSA) is 124 Å². The molecule has 1 heterocycles. The summed E-state index contributed by atoms with van der Waals surface area (Å²) in [6, 6.07) is 4.82. The molecule has 9 heteroatoms. The molecule has 1 aliphatic heterocycles. The summed E-state index contributed by atoms with van der Waals surface area (Å²) in [7, 11) is -7.65. The zero-order chi connectivity index (χ0) is 14.3. The Labute approximate surface area is 112 Å². The summed E-state index contributed by atoms with van der Waals surface area (Å²) < 4.78 is 48.3. The molecule has 19 heavy (non-hydrogen) atoms. The van der Waals surface area contributed by atoms with Crippen LogP contribution in [0, 0.1) is 0 Å². The Morgan fingerprint density at radius 1 is 1.16 bits per heavy atom. The van der Waals surface area contributed by atoms with Gasteiger partial charge in [-0.25, -0.2) is 22.0 Å². The first kappa shape index (κ1) is 14.4. The standard InChI is InChI=1S/C10H15N3O4S2/c11-8-4-5-13(7-8)19(16,17)10-3-1-2-9(6-10)18(12,14)15/h1-3,6,8H,4-5,7,11H2,(H2,12,14,15)/t8-/m0/s1. The fraction of sp³-hybridized carbons (Fsp3) is 0.400. The molecule has 106 valence electrons. The minimum Gasteiger partial charge on any atom is -0.326 e. The maximum Gasteiger partial charge on any atom is 0.243 e. The first-order valence-corrected chi connectivity index (χ1v) is 8.58. The lowest BCUT2D eigenvalue weighted by Gasteiger charge is -2.16. The number of nitrogens with two attached hydrogens (primary N) is 2. The Balaban J connectivity index is 2.42. The number of hydrogen-bond donors (Lipinski definition) is 2. The molecule has 0 amide bonds. The van der Waals surface area contributed by atoms with Crippen LogP contribution >= 0.6 is 0 Å². The van der Waals surface area contributed by atoms with Gasteiger partial charge < -0.3 is 5.73 Å². The van der Waals surface area contributed by atoms with Gasteiger partial charge in [0.2, 0.25) is 20.0 Å². The van der Waals surface area contributed by atoms with Gasteiger partial charge in [0.15, 0.2) is 0 Å². The quantitative estimate of drug-likeness (QED) is 0.745.